The molecule has 23 heavy (non-hydrogen) atoms. The maximum Gasteiger partial charge on any atom is 0.227 e. The van der Waals surface area contributed by atoms with E-state index in [2.05, 4.69) is 0 Å². The number of anilines is 1. The van der Waals surface area contributed by atoms with Crippen molar-refractivity contribution in [3.05, 3.63) is 65.5 Å². The first kappa shape index (κ1) is 15.4. The smallest absolute Gasteiger partial charge is 0.227 e. The lowest BCUT2D eigenvalue weighted by Gasteiger charge is -2.17. The van der Waals surface area contributed by atoms with Crippen molar-refractivity contribution in [2.75, 3.05) is 11.4 Å². The fraction of sp³-hybridized carbons (Fsp3) is 0.263. The molecule has 1 heterocycles. The fourth-order valence-corrected chi connectivity index (χ4v) is 3.16. The first-order valence-electron chi connectivity index (χ1n) is 7.69. The summed E-state index contributed by atoms with van der Waals surface area (Å²) in [7, 11) is 0. The van der Waals surface area contributed by atoms with Gasteiger partial charge in [-0.1, -0.05) is 18.2 Å². The molecule has 0 saturated carbocycles. The number of carbonyl (C=O) groups is 2. The summed E-state index contributed by atoms with van der Waals surface area (Å²) in [5, 5.41) is 0. The molecule has 2 aromatic carbocycles. The SMILES string of the molecule is CC(=O)c1ccc(F)cc1C[C@@H]1CC(=O)N(c2ccccc2)C1. The molecule has 0 aromatic heterocycles. The Hall–Kier alpha value is -2.49. The van der Waals surface area contributed by atoms with Crippen LogP contribution in [0.1, 0.15) is 29.3 Å². The third kappa shape index (κ3) is 3.31. The van der Waals surface area contributed by atoms with Crippen LogP contribution >= 0.6 is 0 Å². The molecule has 118 valence electrons. The number of nitrogens with zero attached hydrogens (tertiary/aromatic N) is 1. The van der Waals surface area contributed by atoms with Crippen LogP contribution in [0.3, 0.4) is 0 Å². The van der Waals surface area contributed by atoms with E-state index in [9.17, 15) is 14.0 Å². The second-order valence-corrected chi connectivity index (χ2v) is 5.97. The zero-order chi connectivity index (χ0) is 16.4. The molecule has 4 heteroatoms. The number of rotatable bonds is 4. The van der Waals surface area contributed by atoms with Gasteiger partial charge in [-0.15, -0.1) is 0 Å². The molecule has 0 radical (unpaired) electrons. The van der Waals surface area contributed by atoms with Gasteiger partial charge in [0.15, 0.2) is 5.78 Å². The number of ketones is 1. The lowest BCUT2D eigenvalue weighted by atomic mass is 9.93. The van der Waals surface area contributed by atoms with Gasteiger partial charge in [-0.05, 0) is 55.2 Å². The minimum absolute atomic E-state index is 0.0713. The highest BCUT2D eigenvalue weighted by Gasteiger charge is 2.31. The standard InChI is InChI=1S/C19H18FNO2/c1-13(22)18-8-7-16(20)11-15(18)9-14-10-19(23)21(12-14)17-5-3-2-4-6-17/h2-8,11,14H,9-10,12H2,1H3/t14-/m1/s1. The minimum atomic E-state index is -0.353. The van der Waals surface area contributed by atoms with E-state index in [4.69, 9.17) is 0 Å². The molecule has 1 aliphatic heterocycles. The van der Waals surface area contributed by atoms with Crippen LogP contribution in [0.15, 0.2) is 48.5 Å². The van der Waals surface area contributed by atoms with E-state index < -0.39 is 0 Å². The highest BCUT2D eigenvalue weighted by Crippen LogP contribution is 2.28. The van der Waals surface area contributed by atoms with Crippen molar-refractivity contribution in [1.82, 2.24) is 0 Å². The van der Waals surface area contributed by atoms with Crippen LogP contribution < -0.4 is 4.90 Å². The van der Waals surface area contributed by atoms with E-state index in [0.29, 0.717) is 30.5 Å². The molecule has 0 unspecified atom stereocenters. The molecule has 0 spiro atoms. The van der Waals surface area contributed by atoms with Crippen molar-refractivity contribution < 1.29 is 14.0 Å². The Labute approximate surface area is 134 Å². The molecule has 0 N–H and O–H groups in total. The number of para-hydroxylation sites is 1. The summed E-state index contributed by atoms with van der Waals surface area (Å²) in [5.41, 5.74) is 2.10. The number of hydrogen-bond acceptors (Lipinski definition) is 2. The van der Waals surface area contributed by atoms with Crippen LogP contribution in [-0.2, 0) is 11.2 Å². The first-order chi connectivity index (χ1) is 11.0. The predicted octanol–water partition coefficient (Wildman–Crippen LogP) is 3.62. The van der Waals surface area contributed by atoms with Crippen LogP contribution in [0, 0.1) is 11.7 Å². The van der Waals surface area contributed by atoms with Crippen molar-refractivity contribution in [2.45, 2.75) is 19.8 Å². The van der Waals surface area contributed by atoms with E-state index in [1.165, 1.54) is 25.1 Å². The third-order valence-electron chi connectivity index (χ3n) is 4.23. The Bertz CT molecular complexity index is 742. The summed E-state index contributed by atoms with van der Waals surface area (Å²) in [4.78, 5) is 25.7. The lowest BCUT2D eigenvalue weighted by Crippen LogP contribution is -2.24. The monoisotopic (exact) mass is 311 g/mol. The van der Waals surface area contributed by atoms with E-state index in [1.54, 1.807) is 4.90 Å². The highest BCUT2D eigenvalue weighted by atomic mass is 19.1. The molecular weight excluding hydrogens is 293 g/mol. The van der Waals surface area contributed by atoms with Crippen LogP contribution in [0.2, 0.25) is 0 Å². The average molecular weight is 311 g/mol. The molecule has 1 aliphatic rings. The van der Waals surface area contributed by atoms with Gasteiger partial charge in [-0.25, -0.2) is 4.39 Å². The fourth-order valence-electron chi connectivity index (χ4n) is 3.16. The van der Waals surface area contributed by atoms with Gasteiger partial charge in [-0.2, -0.15) is 0 Å². The quantitative estimate of drug-likeness (QED) is 0.809. The maximum atomic E-state index is 13.5. The van der Waals surface area contributed by atoms with E-state index in [1.807, 2.05) is 30.3 Å². The van der Waals surface area contributed by atoms with Gasteiger partial charge < -0.3 is 4.90 Å². The van der Waals surface area contributed by atoms with Crippen molar-refractivity contribution in [3.8, 4) is 0 Å². The van der Waals surface area contributed by atoms with Gasteiger partial charge in [0, 0.05) is 24.2 Å². The van der Waals surface area contributed by atoms with Gasteiger partial charge in [0.1, 0.15) is 5.82 Å². The summed E-state index contributed by atoms with van der Waals surface area (Å²) < 4.78 is 13.5. The Morgan fingerprint density at radius 2 is 1.96 bits per heavy atom. The van der Waals surface area contributed by atoms with Gasteiger partial charge in [0.25, 0.3) is 0 Å². The number of halogens is 1. The Kier molecular flexibility index (Phi) is 4.24. The highest BCUT2D eigenvalue weighted by molar-refractivity contribution is 5.96. The molecule has 0 bridgehead atoms. The molecular formula is C19H18FNO2. The Morgan fingerprint density at radius 1 is 1.22 bits per heavy atom. The summed E-state index contributed by atoms with van der Waals surface area (Å²) in [6.45, 7) is 2.07. The third-order valence-corrected chi connectivity index (χ3v) is 4.23. The van der Waals surface area contributed by atoms with Gasteiger partial charge >= 0.3 is 0 Å². The largest absolute Gasteiger partial charge is 0.312 e. The normalized spacial score (nSPS) is 17.6. The van der Waals surface area contributed by atoms with E-state index in [0.717, 1.165) is 5.69 Å². The summed E-state index contributed by atoms with van der Waals surface area (Å²) >= 11 is 0. The lowest BCUT2D eigenvalue weighted by molar-refractivity contribution is -0.117. The second-order valence-electron chi connectivity index (χ2n) is 5.97. The Morgan fingerprint density at radius 3 is 2.65 bits per heavy atom. The molecule has 1 amide bonds. The number of benzene rings is 2. The molecule has 1 atom stereocenters. The first-order valence-corrected chi connectivity index (χ1v) is 7.69. The summed E-state index contributed by atoms with van der Waals surface area (Å²) in [6, 6.07) is 13.8. The van der Waals surface area contributed by atoms with Crippen molar-refractivity contribution >= 4 is 17.4 Å². The molecule has 2 aromatic rings. The number of carbonyl (C=O) groups excluding carboxylic acids is 2. The van der Waals surface area contributed by atoms with Gasteiger partial charge in [0.05, 0.1) is 0 Å². The van der Waals surface area contributed by atoms with E-state index >= 15 is 0 Å². The Balaban J connectivity index is 1.79. The van der Waals surface area contributed by atoms with Crippen LogP contribution in [-0.4, -0.2) is 18.2 Å². The number of amides is 1. The van der Waals surface area contributed by atoms with Crippen molar-refractivity contribution in [1.29, 1.82) is 0 Å². The predicted molar refractivity (Wildman–Crippen MR) is 87.0 cm³/mol. The van der Waals surface area contributed by atoms with Crippen molar-refractivity contribution in [2.24, 2.45) is 5.92 Å². The van der Waals surface area contributed by atoms with Crippen LogP contribution in [0.25, 0.3) is 0 Å². The molecule has 0 aliphatic carbocycles. The second kappa shape index (κ2) is 6.32. The summed E-state index contributed by atoms with van der Waals surface area (Å²) in [6.07, 6.45) is 0.949. The van der Waals surface area contributed by atoms with Crippen molar-refractivity contribution in [3.63, 3.8) is 0 Å². The van der Waals surface area contributed by atoms with Crippen LogP contribution in [0.5, 0.6) is 0 Å². The molecule has 1 saturated heterocycles. The van der Waals surface area contributed by atoms with Crippen LogP contribution in [0.4, 0.5) is 10.1 Å². The zero-order valence-corrected chi connectivity index (χ0v) is 13.0. The minimum Gasteiger partial charge on any atom is -0.312 e. The molecule has 3 nitrogen and oxygen atoms in total. The van der Waals surface area contributed by atoms with Gasteiger partial charge in [-0.3, -0.25) is 9.59 Å². The zero-order valence-electron chi connectivity index (χ0n) is 13.0. The maximum absolute atomic E-state index is 13.5. The topological polar surface area (TPSA) is 37.4 Å². The average Bonchev–Trinajstić information content (AvgIpc) is 2.88. The number of hydrogen-bond donors (Lipinski definition) is 0. The van der Waals surface area contributed by atoms with Gasteiger partial charge in [0.2, 0.25) is 5.91 Å². The molecule has 1 fully saturated rings. The molecule has 3 rings (SSSR count). The summed E-state index contributed by atoms with van der Waals surface area (Å²) in [5.74, 6) is -0.275. The van der Waals surface area contributed by atoms with E-state index in [-0.39, 0.29) is 23.4 Å². The number of Topliss-reactive ketones (excluding diaryl/α,β-unsaturated/α-hetero) is 1.